The highest BCUT2D eigenvalue weighted by Gasteiger charge is 2.34. The average Bonchev–Trinajstić information content (AvgIpc) is 3.23. The number of para-hydroxylation sites is 2. The number of methoxy groups -OCH3 is 1. The maximum Gasteiger partial charge on any atom is 0.255 e. The monoisotopic (exact) mass is 453 g/mol. The molecule has 1 saturated heterocycles. The third kappa shape index (κ3) is 3.85. The summed E-state index contributed by atoms with van der Waals surface area (Å²) in [6, 6.07) is 20.4. The van der Waals surface area contributed by atoms with E-state index in [1.807, 2.05) is 44.2 Å². The number of amides is 1. The van der Waals surface area contributed by atoms with Gasteiger partial charge >= 0.3 is 0 Å². The Bertz CT molecular complexity index is 1330. The summed E-state index contributed by atoms with van der Waals surface area (Å²) in [5.74, 6) is 1.84. The molecule has 1 fully saturated rings. The average molecular weight is 454 g/mol. The van der Waals surface area contributed by atoms with Crippen LogP contribution in [0.15, 0.2) is 60.7 Å². The van der Waals surface area contributed by atoms with Crippen molar-refractivity contribution in [3.8, 4) is 11.4 Å². The van der Waals surface area contributed by atoms with Crippen molar-refractivity contribution in [1.82, 2.24) is 14.5 Å². The number of carbonyl (C=O) groups excluding carboxylic acids is 1. The molecule has 2 heterocycles. The van der Waals surface area contributed by atoms with Crippen molar-refractivity contribution >= 4 is 16.9 Å². The lowest BCUT2D eigenvalue weighted by Crippen LogP contribution is -2.40. The lowest BCUT2D eigenvalue weighted by atomic mass is 9.95. The molecule has 1 aromatic heterocycles. The van der Waals surface area contributed by atoms with Gasteiger partial charge in [0.05, 0.1) is 24.2 Å². The molecule has 1 atom stereocenters. The molecular weight excluding hydrogens is 422 g/mol. The van der Waals surface area contributed by atoms with Gasteiger partial charge in [0.15, 0.2) is 0 Å². The Balaban J connectivity index is 1.64. The van der Waals surface area contributed by atoms with Gasteiger partial charge in [-0.25, -0.2) is 4.98 Å². The van der Waals surface area contributed by atoms with Gasteiger partial charge in [-0.2, -0.15) is 0 Å². The van der Waals surface area contributed by atoms with Crippen molar-refractivity contribution < 1.29 is 9.53 Å². The maximum absolute atomic E-state index is 14.0. The van der Waals surface area contributed by atoms with Crippen LogP contribution in [0.2, 0.25) is 0 Å². The smallest absolute Gasteiger partial charge is 0.255 e. The summed E-state index contributed by atoms with van der Waals surface area (Å²) in [5.41, 5.74) is 7.08. The molecule has 0 N–H and O–H groups in total. The first-order chi connectivity index (χ1) is 16.5. The molecule has 0 radical (unpaired) electrons. The van der Waals surface area contributed by atoms with E-state index < -0.39 is 0 Å². The molecule has 0 saturated carbocycles. The van der Waals surface area contributed by atoms with Gasteiger partial charge in [-0.05, 0) is 87.6 Å². The number of benzene rings is 3. The van der Waals surface area contributed by atoms with Crippen LogP contribution >= 0.6 is 0 Å². The van der Waals surface area contributed by atoms with E-state index in [0.717, 1.165) is 70.8 Å². The molecule has 0 aliphatic carbocycles. The Morgan fingerprint density at radius 1 is 0.971 bits per heavy atom. The summed E-state index contributed by atoms with van der Waals surface area (Å²) in [7, 11) is 1.67. The second kappa shape index (κ2) is 8.98. The third-order valence-corrected chi connectivity index (χ3v) is 6.87. The van der Waals surface area contributed by atoms with Crippen LogP contribution in [0.3, 0.4) is 0 Å². The fourth-order valence-electron chi connectivity index (χ4n) is 5.37. The second-order valence-electron chi connectivity index (χ2n) is 9.28. The number of fused-ring (bicyclic) bond motifs is 1. The number of ether oxygens (including phenoxy) is 1. The number of rotatable bonds is 4. The molecule has 1 aliphatic heterocycles. The second-order valence-corrected chi connectivity index (χ2v) is 9.28. The standard InChI is InChI=1S/C29H31N3O2/c1-19-17-20(2)27(21(3)18-19)29(33)31-16-8-7-11-26(31)28-30-24-9-5-6-10-25(24)32(28)22-12-14-23(34-4)15-13-22/h5-6,9-10,12-15,17-18,26H,7-8,11,16H2,1-4H3. The Kier molecular flexibility index (Phi) is 5.86. The van der Waals surface area contributed by atoms with Gasteiger partial charge in [-0.15, -0.1) is 0 Å². The van der Waals surface area contributed by atoms with Crippen LogP contribution in [0.5, 0.6) is 5.75 Å². The van der Waals surface area contributed by atoms with Gasteiger partial charge in [0, 0.05) is 17.8 Å². The van der Waals surface area contributed by atoms with Crippen LogP contribution in [0, 0.1) is 20.8 Å². The number of likely N-dealkylation sites (tertiary alicyclic amines) is 1. The van der Waals surface area contributed by atoms with Crippen molar-refractivity contribution in [2.75, 3.05) is 13.7 Å². The quantitative estimate of drug-likeness (QED) is 0.363. The number of carbonyl (C=O) groups is 1. The van der Waals surface area contributed by atoms with Crippen molar-refractivity contribution in [3.05, 3.63) is 88.7 Å². The van der Waals surface area contributed by atoms with E-state index in [-0.39, 0.29) is 11.9 Å². The van der Waals surface area contributed by atoms with Gasteiger partial charge in [0.25, 0.3) is 5.91 Å². The minimum absolute atomic E-state index is 0.0872. The zero-order valence-electron chi connectivity index (χ0n) is 20.3. The Morgan fingerprint density at radius 3 is 2.38 bits per heavy atom. The van der Waals surface area contributed by atoms with Gasteiger partial charge in [-0.3, -0.25) is 9.36 Å². The Hall–Kier alpha value is -3.60. The highest BCUT2D eigenvalue weighted by Crippen LogP contribution is 2.36. The lowest BCUT2D eigenvalue weighted by Gasteiger charge is -2.36. The first-order valence-corrected chi connectivity index (χ1v) is 12.0. The van der Waals surface area contributed by atoms with E-state index in [9.17, 15) is 4.79 Å². The first kappa shape index (κ1) is 22.2. The van der Waals surface area contributed by atoms with Crippen molar-refractivity contribution in [2.45, 2.75) is 46.1 Å². The molecule has 5 heteroatoms. The summed E-state index contributed by atoms with van der Waals surface area (Å²) in [6.45, 7) is 6.90. The molecule has 1 amide bonds. The fraction of sp³-hybridized carbons (Fsp3) is 0.310. The van der Waals surface area contributed by atoms with E-state index in [1.54, 1.807) is 7.11 Å². The molecule has 3 aromatic carbocycles. The maximum atomic E-state index is 14.0. The topological polar surface area (TPSA) is 47.4 Å². The zero-order chi connectivity index (χ0) is 23.8. The zero-order valence-corrected chi connectivity index (χ0v) is 20.3. The summed E-state index contributed by atoms with van der Waals surface area (Å²) in [4.78, 5) is 21.1. The van der Waals surface area contributed by atoms with Crippen molar-refractivity contribution in [2.24, 2.45) is 0 Å². The van der Waals surface area contributed by atoms with E-state index in [4.69, 9.17) is 9.72 Å². The van der Waals surface area contributed by atoms with Crippen LogP contribution < -0.4 is 4.74 Å². The fourth-order valence-corrected chi connectivity index (χ4v) is 5.37. The summed E-state index contributed by atoms with van der Waals surface area (Å²) in [6.07, 6.45) is 2.98. The summed E-state index contributed by atoms with van der Waals surface area (Å²) in [5, 5.41) is 0. The molecule has 0 spiro atoms. The van der Waals surface area contributed by atoms with Crippen LogP contribution in [0.1, 0.15) is 58.2 Å². The van der Waals surface area contributed by atoms with Crippen LogP contribution in [0.25, 0.3) is 16.7 Å². The van der Waals surface area contributed by atoms with Gasteiger partial charge < -0.3 is 9.64 Å². The van der Waals surface area contributed by atoms with E-state index in [0.29, 0.717) is 0 Å². The highest BCUT2D eigenvalue weighted by atomic mass is 16.5. The predicted octanol–water partition coefficient (Wildman–Crippen LogP) is 6.33. The van der Waals surface area contributed by atoms with Gasteiger partial charge in [-0.1, -0.05) is 29.8 Å². The molecule has 1 aliphatic rings. The number of hydrogen-bond donors (Lipinski definition) is 0. The molecule has 5 rings (SSSR count). The Labute approximate surface area is 201 Å². The van der Waals surface area contributed by atoms with E-state index in [2.05, 4.69) is 46.7 Å². The van der Waals surface area contributed by atoms with Crippen LogP contribution in [-0.2, 0) is 0 Å². The van der Waals surface area contributed by atoms with E-state index >= 15 is 0 Å². The minimum Gasteiger partial charge on any atom is -0.497 e. The number of nitrogens with zero attached hydrogens (tertiary/aromatic N) is 3. The number of aryl methyl sites for hydroxylation is 3. The van der Waals surface area contributed by atoms with Gasteiger partial charge in [0.2, 0.25) is 0 Å². The summed E-state index contributed by atoms with van der Waals surface area (Å²) < 4.78 is 7.58. The molecule has 5 nitrogen and oxygen atoms in total. The third-order valence-electron chi connectivity index (χ3n) is 6.87. The predicted molar refractivity (Wildman–Crippen MR) is 136 cm³/mol. The van der Waals surface area contributed by atoms with Crippen molar-refractivity contribution in [1.29, 1.82) is 0 Å². The normalized spacial score (nSPS) is 16.1. The molecule has 4 aromatic rings. The molecule has 34 heavy (non-hydrogen) atoms. The lowest BCUT2D eigenvalue weighted by molar-refractivity contribution is 0.0597. The SMILES string of the molecule is COc1ccc(-n2c(C3CCCCN3C(=O)c3c(C)cc(C)cc3C)nc3ccccc32)cc1. The van der Waals surface area contributed by atoms with Gasteiger partial charge in [0.1, 0.15) is 11.6 Å². The van der Waals surface area contributed by atoms with E-state index in [1.165, 1.54) is 5.56 Å². The molecule has 174 valence electrons. The molecule has 0 bridgehead atoms. The number of imidazole rings is 1. The van der Waals surface area contributed by atoms with Crippen LogP contribution in [-0.4, -0.2) is 34.0 Å². The first-order valence-electron chi connectivity index (χ1n) is 12.0. The molecule has 1 unspecified atom stereocenters. The number of aromatic nitrogens is 2. The number of hydrogen-bond acceptors (Lipinski definition) is 3. The minimum atomic E-state index is -0.0872. The van der Waals surface area contributed by atoms with Crippen LogP contribution in [0.4, 0.5) is 0 Å². The highest BCUT2D eigenvalue weighted by molar-refractivity contribution is 5.97. The van der Waals surface area contributed by atoms with Crippen molar-refractivity contribution in [3.63, 3.8) is 0 Å². The largest absolute Gasteiger partial charge is 0.497 e. The molecular formula is C29H31N3O2. The number of piperidine rings is 1. The summed E-state index contributed by atoms with van der Waals surface area (Å²) >= 11 is 0. The Morgan fingerprint density at radius 2 is 1.68 bits per heavy atom.